The summed E-state index contributed by atoms with van der Waals surface area (Å²) in [6, 6.07) is 32.5. The Morgan fingerprint density at radius 1 is 0.366 bits per heavy atom. The van der Waals surface area contributed by atoms with Crippen LogP contribution in [-0.4, -0.2) is 29.9 Å². The van der Waals surface area contributed by atoms with E-state index < -0.39 is 0 Å². The average Bonchev–Trinajstić information content (AvgIpc) is 3.72. The van der Waals surface area contributed by atoms with Crippen LogP contribution in [0.25, 0.3) is 88.3 Å². The Morgan fingerprint density at radius 3 is 0.878 bits per heavy atom. The number of nitrogens with zero attached hydrogens (tertiary/aromatic N) is 6. The molecule has 0 unspecified atom stereocenters. The van der Waals surface area contributed by atoms with Gasteiger partial charge in [-0.3, -0.25) is 0 Å². The van der Waals surface area contributed by atoms with Crippen LogP contribution >= 0.6 is 0 Å². The molecule has 2 N–H and O–H groups in total. The topological polar surface area (TPSA) is 104 Å². The van der Waals surface area contributed by atoms with Gasteiger partial charge in [0, 0.05) is 15.3 Å². The van der Waals surface area contributed by atoms with Crippen molar-refractivity contribution in [3.05, 3.63) is 97.1 Å². The predicted molar refractivity (Wildman–Crippen MR) is 156 cm³/mol. The van der Waals surface area contributed by atoms with E-state index in [-0.39, 0.29) is 0 Å². The normalized spacial score (nSPS) is 12.4. The van der Waals surface area contributed by atoms with Crippen molar-refractivity contribution in [2.75, 3.05) is 0 Å². The molecule has 0 atom stereocenters. The Hall–Kier alpha value is -5.96. The minimum absolute atomic E-state index is 0.617. The maximum atomic E-state index is 6.82. The van der Waals surface area contributed by atoms with Gasteiger partial charge in [-0.2, -0.15) is 9.97 Å². The molecule has 10 rings (SSSR count). The van der Waals surface area contributed by atoms with Crippen molar-refractivity contribution < 1.29 is 13.8 Å². The fraction of sp³-hybridized carbons (Fsp3) is 0. The number of aromatic amines is 2. The number of H-pyrrole nitrogens is 2. The second kappa shape index (κ2) is 7.36. The van der Waals surface area contributed by atoms with E-state index in [1.807, 2.05) is 72.8 Å². The zero-order valence-electron chi connectivity index (χ0n) is 21.3. The lowest BCUT2D eigenvalue weighted by Gasteiger charge is -1.86. The summed E-state index contributed by atoms with van der Waals surface area (Å²) in [5.41, 5.74) is 5.27. The van der Waals surface area contributed by atoms with Gasteiger partial charge in [-0.05, 0) is 46.4 Å². The molecule has 0 aliphatic carbocycles. The molecule has 9 nitrogen and oxygen atoms in total. The minimum atomic E-state index is 0.617. The van der Waals surface area contributed by atoms with Crippen molar-refractivity contribution in [3.8, 4) is 0 Å². The molecule has 10 aromatic rings. The quantitative estimate of drug-likeness (QED) is 0.247. The zero-order valence-corrected chi connectivity index (χ0v) is 21.3. The number of hydrogen-bond acceptors (Lipinski definition) is 5. The van der Waals surface area contributed by atoms with Crippen molar-refractivity contribution >= 4 is 88.3 Å². The molecule has 0 fully saturated rings. The smallest absolute Gasteiger partial charge is 0.303 e. The molecule has 9 heteroatoms. The van der Waals surface area contributed by atoms with E-state index >= 15 is 0 Å². The molecule has 190 valence electrons. The van der Waals surface area contributed by atoms with Crippen molar-refractivity contribution in [2.45, 2.75) is 0 Å². The van der Waals surface area contributed by atoms with Crippen LogP contribution < -0.4 is 9.15 Å². The van der Waals surface area contributed by atoms with E-state index in [4.69, 9.17) is 24.6 Å². The van der Waals surface area contributed by atoms with Gasteiger partial charge in [0.05, 0.1) is 36.9 Å². The molecule has 6 heterocycles. The van der Waals surface area contributed by atoms with E-state index in [1.54, 1.807) is 9.15 Å². The highest BCUT2D eigenvalue weighted by Gasteiger charge is 2.28. The number of benzene rings is 4. The number of aromatic nitrogens is 8. The second-order valence-electron chi connectivity index (χ2n) is 10.2. The molecule has 0 aliphatic rings. The summed E-state index contributed by atoms with van der Waals surface area (Å²) in [6.45, 7) is 0. The summed E-state index contributed by atoms with van der Waals surface area (Å²) >= 11 is 0. The molecule has 41 heavy (non-hydrogen) atoms. The van der Waals surface area contributed by atoms with Gasteiger partial charge in [0.25, 0.3) is 22.6 Å². The van der Waals surface area contributed by atoms with E-state index in [1.165, 1.54) is 0 Å². The first-order valence-electron chi connectivity index (χ1n) is 13.4. The Balaban J connectivity index is 1.66. The number of hydrogen-bond donors (Lipinski definition) is 2. The molecule has 4 aromatic carbocycles. The van der Waals surface area contributed by atoms with Crippen LogP contribution in [0.2, 0.25) is 0 Å². The van der Waals surface area contributed by atoms with Crippen LogP contribution in [0.3, 0.4) is 0 Å². The fourth-order valence-corrected chi connectivity index (χ4v) is 6.11. The van der Waals surface area contributed by atoms with Gasteiger partial charge in [0.1, 0.15) is 11.3 Å². The largest absolute Gasteiger partial charge is 0.382 e. The Labute approximate surface area is 228 Å². The molecular formula is C32H18N8O+2. The number of nitrogens with one attached hydrogen (secondary N) is 2. The van der Waals surface area contributed by atoms with Crippen molar-refractivity contribution in [3.63, 3.8) is 0 Å². The third-order valence-electron chi connectivity index (χ3n) is 7.97. The van der Waals surface area contributed by atoms with Crippen molar-refractivity contribution in [1.29, 1.82) is 0 Å². The summed E-state index contributed by atoms with van der Waals surface area (Å²) < 4.78 is 10.2. The van der Waals surface area contributed by atoms with Crippen LogP contribution in [0.5, 0.6) is 0 Å². The van der Waals surface area contributed by atoms with E-state index in [0.717, 1.165) is 43.1 Å². The third kappa shape index (κ3) is 2.69. The summed E-state index contributed by atoms with van der Waals surface area (Å²) in [7, 11) is 0. The van der Waals surface area contributed by atoms with Crippen LogP contribution in [-0.2, 0) is 0 Å². The van der Waals surface area contributed by atoms with Crippen molar-refractivity contribution in [1.82, 2.24) is 29.9 Å². The molecule has 0 saturated heterocycles. The highest BCUT2D eigenvalue weighted by atomic mass is 16.6. The van der Waals surface area contributed by atoms with Gasteiger partial charge in [0.15, 0.2) is 0 Å². The molecule has 6 aromatic heterocycles. The lowest BCUT2D eigenvalue weighted by atomic mass is 10.2. The van der Waals surface area contributed by atoms with E-state index in [2.05, 4.69) is 34.2 Å². The fourth-order valence-electron chi connectivity index (χ4n) is 6.11. The molecule has 0 amide bonds. The van der Waals surface area contributed by atoms with Gasteiger partial charge >= 0.3 is 11.3 Å². The highest BCUT2D eigenvalue weighted by Crippen LogP contribution is 2.28. The van der Waals surface area contributed by atoms with Gasteiger partial charge < -0.3 is 9.97 Å². The first-order chi connectivity index (χ1) is 20.3. The van der Waals surface area contributed by atoms with E-state index in [9.17, 15) is 0 Å². The maximum Gasteiger partial charge on any atom is 0.382 e. The van der Waals surface area contributed by atoms with Crippen molar-refractivity contribution in [2.24, 2.45) is 0 Å². The predicted octanol–water partition coefficient (Wildman–Crippen LogP) is 5.63. The lowest BCUT2D eigenvalue weighted by Crippen LogP contribution is -2.32. The van der Waals surface area contributed by atoms with Gasteiger partial charge in [-0.25, -0.2) is 0 Å². The SMILES string of the molecule is c1ccc2c3nc4c5ccccc5c5nc6[nH]c(nc7c8ccccc8c(nc([nH]3)c2c1)[n+]7o[n+]45)c1ccccc61. The van der Waals surface area contributed by atoms with Gasteiger partial charge in [-0.15, -0.1) is 4.63 Å². The molecule has 0 aliphatic heterocycles. The summed E-state index contributed by atoms with van der Waals surface area (Å²) in [6.07, 6.45) is 0. The number of fused-ring (bicyclic) bond motifs is 16. The van der Waals surface area contributed by atoms with Crippen LogP contribution in [0.1, 0.15) is 0 Å². The van der Waals surface area contributed by atoms with Crippen LogP contribution in [0.15, 0.2) is 102 Å². The molecule has 0 spiro atoms. The third-order valence-corrected chi connectivity index (χ3v) is 7.97. The van der Waals surface area contributed by atoms with E-state index in [0.29, 0.717) is 45.2 Å². The lowest BCUT2D eigenvalue weighted by molar-refractivity contribution is -0.931. The molecule has 0 saturated carbocycles. The molecule has 0 radical (unpaired) electrons. The minimum Gasteiger partial charge on any atom is -0.303 e. The van der Waals surface area contributed by atoms with Gasteiger partial charge in [-0.1, -0.05) is 60.7 Å². The van der Waals surface area contributed by atoms with Crippen LogP contribution in [0, 0.1) is 0 Å². The second-order valence-corrected chi connectivity index (χ2v) is 10.2. The standard InChI is InChI=1S/C32H16N8O/c1-2-10-18-17(9-1)25-33-26(18)36-30-23-15-7-8-16-24(23)32-38-28-20-12-4-3-11-19(20)27(34-28)37-31-22-14-6-5-13-21(22)29(35-25)39(31)41-40(30)32/h1-16H/p+2. The first kappa shape index (κ1) is 20.9. The average molecular weight is 531 g/mol. The highest BCUT2D eigenvalue weighted by molar-refractivity contribution is 6.09. The molecule has 6 bridgehead atoms. The van der Waals surface area contributed by atoms with Crippen LogP contribution in [0.4, 0.5) is 0 Å². The summed E-state index contributed by atoms with van der Waals surface area (Å²) in [5.74, 6) is 0. The number of rotatable bonds is 0. The maximum absolute atomic E-state index is 6.82. The Kier molecular flexibility index (Phi) is 3.76. The summed E-state index contributed by atoms with van der Waals surface area (Å²) in [4.78, 5) is 27.6. The zero-order chi connectivity index (χ0) is 26.7. The van der Waals surface area contributed by atoms with Gasteiger partial charge in [0.2, 0.25) is 0 Å². The molecular weight excluding hydrogens is 512 g/mol. The summed E-state index contributed by atoms with van der Waals surface area (Å²) in [5, 5.41) is 7.54. The Bertz CT molecular complexity index is 2410. The Morgan fingerprint density at radius 2 is 0.610 bits per heavy atom. The monoisotopic (exact) mass is 530 g/mol. The first-order valence-corrected chi connectivity index (χ1v) is 13.4.